The third-order valence-electron chi connectivity index (χ3n) is 3.70. The smallest absolute Gasteiger partial charge is 0.349 e. The summed E-state index contributed by atoms with van der Waals surface area (Å²) in [7, 11) is 0. The Labute approximate surface area is 152 Å². The molecule has 134 valence electrons. The molecule has 1 aromatic carbocycles. The molecular formula is C18H15NO6S. The van der Waals surface area contributed by atoms with Crippen molar-refractivity contribution in [2.75, 3.05) is 11.9 Å². The molecule has 0 fully saturated rings. The first-order chi connectivity index (χ1) is 12.3. The van der Waals surface area contributed by atoms with E-state index in [-0.39, 0.29) is 28.7 Å². The van der Waals surface area contributed by atoms with Crippen molar-refractivity contribution in [2.24, 2.45) is 0 Å². The summed E-state index contributed by atoms with van der Waals surface area (Å²) in [5, 5.41) is 2.62. The van der Waals surface area contributed by atoms with Crippen LogP contribution in [0, 0.1) is 0 Å². The zero-order valence-electron chi connectivity index (χ0n) is 14.0. The van der Waals surface area contributed by atoms with Gasteiger partial charge in [-0.15, -0.1) is 11.3 Å². The average Bonchev–Trinajstić information content (AvgIpc) is 3.11. The number of carbonyl (C=O) groups is 4. The van der Waals surface area contributed by atoms with Gasteiger partial charge in [0.25, 0.3) is 5.91 Å². The molecule has 3 rings (SSSR count). The van der Waals surface area contributed by atoms with Crippen molar-refractivity contribution in [3.63, 3.8) is 0 Å². The minimum absolute atomic E-state index is 0.0721. The molecule has 0 saturated heterocycles. The van der Waals surface area contributed by atoms with E-state index in [4.69, 9.17) is 9.47 Å². The van der Waals surface area contributed by atoms with Gasteiger partial charge in [0.15, 0.2) is 18.5 Å². The molecule has 1 aliphatic heterocycles. The fraction of sp³-hybridized carbons (Fsp3) is 0.222. The molecular weight excluding hydrogens is 358 g/mol. The number of ketones is 2. The number of nitrogens with one attached hydrogen (secondary N) is 1. The number of esters is 1. The monoisotopic (exact) mass is 373 g/mol. The fourth-order valence-corrected chi connectivity index (χ4v) is 3.16. The van der Waals surface area contributed by atoms with Crippen molar-refractivity contribution >= 4 is 40.5 Å². The molecule has 7 nitrogen and oxygen atoms in total. The highest BCUT2D eigenvalue weighted by molar-refractivity contribution is 7.15. The normalized spacial score (nSPS) is 13.8. The summed E-state index contributed by atoms with van der Waals surface area (Å²) >= 11 is 1.02. The van der Waals surface area contributed by atoms with Crippen LogP contribution in [0.4, 0.5) is 5.69 Å². The van der Waals surface area contributed by atoms with Gasteiger partial charge in [0.05, 0.1) is 10.6 Å². The predicted octanol–water partition coefficient (Wildman–Crippen LogP) is 2.71. The number of benzene rings is 1. The summed E-state index contributed by atoms with van der Waals surface area (Å²) < 4.78 is 10.4. The number of thiophene rings is 1. The van der Waals surface area contributed by atoms with Crippen LogP contribution in [-0.2, 0) is 9.53 Å². The summed E-state index contributed by atoms with van der Waals surface area (Å²) in [5.74, 6) is -1.06. The summed E-state index contributed by atoms with van der Waals surface area (Å²) in [5.41, 5.74) is 0.681. The second-order valence-electron chi connectivity index (χ2n) is 5.68. The Morgan fingerprint density at radius 2 is 1.92 bits per heavy atom. The summed E-state index contributed by atoms with van der Waals surface area (Å²) in [6.45, 7) is 2.80. The molecule has 0 saturated carbocycles. The molecule has 0 bridgehead atoms. The van der Waals surface area contributed by atoms with E-state index >= 15 is 0 Å². The summed E-state index contributed by atoms with van der Waals surface area (Å²) in [4.78, 5) is 48.0. The third-order valence-corrected chi connectivity index (χ3v) is 4.87. The number of ether oxygens (including phenoxy) is 2. The van der Waals surface area contributed by atoms with Crippen molar-refractivity contribution in [1.82, 2.24) is 0 Å². The van der Waals surface area contributed by atoms with Crippen molar-refractivity contribution in [2.45, 2.75) is 20.0 Å². The first-order valence-corrected chi connectivity index (χ1v) is 8.59. The quantitative estimate of drug-likeness (QED) is 0.639. The number of hydrogen-bond acceptors (Lipinski definition) is 7. The van der Waals surface area contributed by atoms with E-state index in [2.05, 4.69) is 5.32 Å². The van der Waals surface area contributed by atoms with Crippen molar-refractivity contribution in [1.29, 1.82) is 0 Å². The second kappa shape index (κ2) is 7.09. The van der Waals surface area contributed by atoms with Gasteiger partial charge < -0.3 is 14.8 Å². The average molecular weight is 373 g/mol. The van der Waals surface area contributed by atoms with E-state index in [9.17, 15) is 19.2 Å². The number of carbonyl (C=O) groups excluding carboxylic acids is 4. The first-order valence-electron chi connectivity index (χ1n) is 7.78. The molecule has 1 aliphatic rings. The van der Waals surface area contributed by atoms with E-state index < -0.39 is 17.9 Å². The highest BCUT2D eigenvalue weighted by Crippen LogP contribution is 2.29. The van der Waals surface area contributed by atoms with Crippen LogP contribution in [0.25, 0.3) is 0 Å². The largest absolute Gasteiger partial charge is 0.482 e. The molecule has 8 heteroatoms. The molecule has 0 aliphatic carbocycles. The van der Waals surface area contributed by atoms with Gasteiger partial charge in [-0.1, -0.05) is 0 Å². The van der Waals surface area contributed by atoms with Crippen molar-refractivity contribution < 1.29 is 28.7 Å². The molecule has 1 aromatic heterocycles. The molecule has 0 radical (unpaired) electrons. The van der Waals surface area contributed by atoms with Gasteiger partial charge in [-0.05, 0) is 44.2 Å². The fourth-order valence-electron chi connectivity index (χ4n) is 2.38. The zero-order valence-corrected chi connectivity index (χ0v) is 14.8. The Bertz CT molecular complexity index is 916. The van der Waals surface area contributed by atoms with Crippen LogP contribution in [0.3, 0.4) is 0 Å². The Hall–Kier alpha value is -3.00. The van der Waals surface area contributed by atoms with Gasteiger partial charge in [0.2, 0.25) is 5.78 Å². The lowest BCUT2D eigenvalue weighted by Gasteiger charge is -2.19. The molecule has 2 aromatic rings. The molecule has 26 heavy (non-hydrogen) atoms. The lowest BCUT2D eigenvalue weighted by atomic mass is 10.1. The van der Waals surface area contributed by atoms with Crippen molar-refractivity contribution in [3.05, 3.63) is 45.6 Å². The summed E-state index contributed by atoms with van der Waals surface area (Å²) in [6, 6.07) is 7.64. The molecule has 2 heterocycles. The lowest BCUT2D eigenvalue weighted by molar-refractivity contribution is -0.118. The summed E-state index contributed by atoms with van der Waals surface area (Å²) in [6.07, 6.45) is -1.02. The van der Waals surface area contributed by atoms with Crippen LogP contribution in [0.2, 0.25) is 0 Å². The van der Waals surface area contributed by atoms with Crippen LogP contribution in [0.1, 0.15) is 43.5 Å². The molecule has 1 unspecified atom stereocenters. The van der Waals surface area contributed by atoms with E-state index in [0.717, 1.165) is 11.3 Å². The Balaban J connectivity index is 1.71. The van der Waals surface area contributed by atoms with Crippen LogP contribution in [0.15, 0.2) is 30.3 Å². The standard InChI is InChI=1S/C18H15NO6S/c1-9(20)14-5-6-15(26-14)18(23)25-10(2)17(22)11-3-4-13-12(7-11)19-16(21)8-24-13/h3-7,10H,8H2,1-2H3,(H,19,21). The van der Waals surface area contributed by atoms with E-state index in [0.29, 0.717) is 16.3 Å². The highest BCUT2D eigenvalue weighted by atomic mass is 32.1. The minimum atomic E-state index is -1.02. The minimum Gasteiger partial charge on any atom is -0.482 e. The lowest BCUT2D eigenvalue weighted by Crippen LogP contribution is -2.27. The number of anilines is 1. The van der Waals surface area contributed by atoms with Crippen LogP contribution in [-0.4, -0.2) is 36.2 Å². The van der Waals surface area contributed by atoms with Crippen molar-refractivity contribution in [3.8, 4) is 5.75 Å². The SMILES string of the molecule is CC(=O)c1ccc(C(=O)OC(C)C(=O)c2ccc3c(c2)NC(=O)CO3)s1. The van der Waals surface area contributed by atoms with Gasteiger partial charge in [0.1, 0.15) is 10.6 Å². The topological polar surface area (TPSA) is 98.8 Å². The number of Topliss-reactive ketones (excluding diaryl/α,β-unsaturated/α-hetero) is 2. The van der Waals surface area contributed by atoms with Gasteiger partial charge in [-0.3, -0.25) is 14.4 Å². The first kappa shape index (κ1) is 17.8. The van der Waals surface area contributed by atoms with E-state index in [1.54, 1.807) is 18.2 Å². The number of hydrogen-bond donors (Lipinski definition) is 1. The van der Waals surface area contributed by atoms with E-state index in [1.165, 1.54) is 26.0 Å². The third kappa shape index (κ3) is 3.65. The number of amides is 1. The van der Waals surface area contributed by atoms with Gasteiger partial charge in [-0.25, -0.2) is 4.79 Å². The Morgan fingerprint density at radius 3 is 2.62 bits per heavy atom. The maximum atomic E-state index is 12.5. The van der Waals surface area contributed by atoms with Crippen LogP contribution < -0.4 is 10.1 Å². The van der Waals surface area contributed by atoms with Gasteiger partial charge >= 0.3 is 5.97 Å². The molecule has 1 N–H and O–H groups in total. The highest BCUT2D eigenvalue weighted by Gasteiger charge is 2.24. The van der Waals surface area contributed by atoms with Gasteiger partial charge in [-0.2, -0.15) is 0 Å². The maximum Gasteiger partial charge on any atom is 0.349 e. The van der Waals surface area contributed by atoms with Gasteiger partial charge in [0, 0.05) is 5.56 Å². The Kier molecular flexibility index (Phi) is 4.85. The Morgan fingerprint density at radius 1 is 1.19 bits per heavy atom. The molecule has 1 atom stereocenters. The number of rotatable bonds is 5. The van der Waals surface area contributed by atoms with E-state index in [1.807, 2.05) is 0 Å². The van der Waals surface area contributed by atoms with Crippen LogP contribution in [0.5, 0.6) is 5.75 Å². The second-order valence-corrected chi connectivity index (χ2v) is 6.76. The molecule has 0 spiro atoms. The number of fused-ring (bicyclic) bond motifs is 1. The van der Waals surface area contributed by atoms with Crippen LogP contribution >= 0.6 is 11.3 Å². The molecule has 1 amide bonds. The maximum absolute atomic E-state index is 12.5. The zero-order chi connectivity index (χ0) is 18.8. The predicted molar refractivity (Wildman–Crippen MR) is 94.1 cm³/mol.